The first kappa shape index (κ1) is 16.1. The van der Waals surface area contributed by atoms with Crippen LogP contribution in [-0.4, -0.2) is 41.3 Å². The third-order valence-corrected chi connectivity index (χ3v) is 4.49. The highest BCUT2D eigenvalue weighted by Gasteiger charge is 2.24. The zero-order valence-corrected chi connectivity index (χ0v) is 13.9. The molecule has 3 heterocycles. The van der Waals surface area contributed by atoms with Gasteiger partial charge in [-0.2, -0.15) is 0 Å². The summed E-state index contributed by atoms with van der Waals surface area (Å²) < 4.78 is 11.1. The van der Waals surface area contributed by atoms with Crippen LogP contribution in [0.2, 0.25) is 0 Å². The average Bonchev–Trinajstić information content (AvgIpc) is 3.27. The van der Waals surface area contributed by atoms with Crippen molar-refractivity contribution in [3.8, 4) is 0 Å². The van der Waals surface area contributed by atoms with Gasteiger partial charge in [-0.05, 0) is 43.4 Å². The molecule has 0 radical (unpaired) electrons. The summed E-state index contributed by atoms with van der Waals surface area (Å²) >= 11 is 1.53. The average molecular weight is 332 g/mol. The maximum absolute atomic E-state index is 12.9. The van der Waals surface area contributed by atoms with Gasteiger partial charge in [-0.3, -0.25) is 4.79 Å². The topological polar surface area (TPSA) is 55.6 Å². The SMILES string of the molecule is CSc1cc(C(=O)N(Cc2ccco2)C[C@@H]2CCCO2)ccn1. The number of carbonyl (C=O) groups excluding carboxylic acids is 1. The summed E-state index contributed by atoms with van der Waals surface area (Å²) in [5, 5.41) is 0.839. The molecular formula is C17H20N2O3S. The molecule has 5 nitrogen and oxygen atoms in total. The number of thioether (sulfide) groups is 1. The van der Waals surface area contributed by atoms with Gasteiger partial charge in [0, 0.05) is 24.9 Å². The Bertz CT molecular complexity index is 639. The summed E-state index contributed by atoms with van der Waals surface area (Å²) in [4.78, 5) is 18.9. The Hall–Kier alpha value is -1.79. The summed E-state index contributed by atoms with van der Waals surface area (Å²) in [7, 11) is 0. The number of ether oxygens (including phenoxy) is 1. The Morgan fingerprint density at radius 3 is 3.09 bits per heavy atom. The molecule has 1 amide bonds. The Labute approximate surface area is 140 Å². The maximum atomic E-state index is 12.9. The number of amides is 1. The number of rotatable bonds is 6. The van der Waals surface area contributed by atoms with Gasteiger partial charge >= 0.3 is 0 Å². The van der Waals surface area contributed by atoms with E-state index in [4.69, 9.17) is 9.15 Å². The fraction of sp³-hybridized carbons (Fsp3) is 0.412. The first-order chi connectivity index (χ1) is 11.3. The van der Waals surface area contributed by atoms with Crippen molar-refractivity contribution in [1.29, 1.82) is 0 Å². The molecule has 23 heavy (non-hydrogen) atoms. The van der Waals surface area contributed by atoms with E-state index in [1.807, 2.05) is 24.5 Å². The molecule has 0 aliphatic carbocycles. The van der Waals surface area contributed by atoms with E-state index in [0.717, 1.165) is 30.2 Å². The number of hydrogen-bond acceptors (Lipinski definition) is 5. The first-order valence-electron chi connectivity index (χ1n) is 7.69. The lowest BCUT2D eigenvalue weighted by Crippen LogP contribution is -2.36. The van der Waals surface area contributed by atoms with Crippen molar-refractivity contribution in [2.24, 2.45) is 0 Å². The van der Waals surface area contributed by atoms with Crippen LogP contribution >= 0.6 is 11.8 Å². The normalized spacial score (nSPS) is 17.3. The van der Waals surface area contributed by atoms with Crippen LogP contribution in [0.5, 0.6) is 0 Å². The van der Waals surface area contributed by atoms with Gasteiger partial charge in [-0.1, -0.05) is 0 Å². The van der Waals surface area contributed by atoms with E-state index in [1.165, 1.54) is 11.8 Å². The Kier molecular flexibility index (Phi) is 5.35. The number of aromatic nitrogens is 1. The smallest absolute Gasteiger partial charge is 0.254 e. The number of nitrogens with zero attached hydrogens (tertiary/aromatic N) is 2. The van der Waals surface area contributed by atoms with Crippen LogP contribution in [0, 0.1) is 0 Å². The van der Waals surface area contributed by atoms with E-state index < -0.39 is 0 Å². The molecule has 0 spiro atoms. The summed E-state index contributed by atoms with van der Waals surface area (Å²) in [5.41, 5.74) is 0.647. The maximum Gasteiger partial charge on any atom is 0.254 e. The van der Waals surface area contributed by atoms with E-state index in [0.29, 0.717) is 18.7 Å². The van der Waals surface area contributed by atoms with Crippen LogP contribution < -0.4 is 0 Å². The molecule has 0 aromatic carbocycles. The molecule has 1 fully saturated rings. The zero-order chi connectivity index (χ0) is 16.1. The first-order valence-corrected chi connectivity index (χ1v) is 8.92. The van der Waals surface area contributed by atoms with Crippen molar-refractivity contribution in [3.05, 3.63) is 48.0 Å². The standard InChI is InChI=1S/C17H20N2O3S/c1-23-16-10-13(6-7-18-16)17(20)19(11-14-4-2-8-21-14)12-15-5-3-9-22-15/h2,4,6-8,10,15H,3,5,9,11-12H2,1H3/t15-/m0/s1. The van der Waals surface area contributed by atoms with Crippen LogP contribution in [0.1, 0.15) is 29.0 Å². The highest BCUT2D eigenvalue weighted by molar-refractivity contribution is 7.98. The molecule has 1 aliphatic heterocycles. The van der Waals surface area contributed by atoms with Crippen molar-refractivity contribution >= 4 is 17.7 Å². The van der Waals surface area contributed by atoms with Gasteiger partial charge in [0.15, 0.2) is 0 Å². The van der Waals surface area contributed by atoms with E-state index >= 15 is 0 Å². The number of pyridine rings is 1. The molecule has 1 atom stereocenters. The lowest BCUT2D eigenvalue weighted by Gasteiger charge is -2.24. The van der Waals surface area contributed by atoms with Gasteiger partial charge < -0.3 is 14.1 Å². The number of furan rings is 1. The molecule has 1 saturated heterocycles. The highest BCUT2D eigenvalue weighted by atomic mass is 32.2. The Morgan fingerprint density at radius 2 is 2.39 bits per heavy atom. The molecule has 2 aromatic rings. The molecule has 0 saturated carbocycles. The van der Waals surface area contributed by atoms with E-state index in [-0.39, 0.29) is 12.0 Å². The minimum Gasteiger partial charge on any atom is -0.467 e. The fourth-order valence-corrected chi connectivity index (χ4v) is 3.09. The van der Waals surface area contributed by atoms with Crippen LogP contribution in [0.4, 0.5) is 0 Å². The second-order valence-corrected chi connectivity index (χ2v) is 6.31. The zero-order valence-electron chi connectivity index (χ0n) is 13.1. The van der Waals surface area contributed by atoms with Gasteiger partial charge in [0.2, 0.25) is 0 Å². The third-order valence-electron chi connectivity index (χ3n) is 3.85. The van der Waals surface area contributed by atoms with E-state index in [1.54, 1.807) is 23.4 Å². The molecule has 122 valence electrons. The van der Waals surface area contributed by atoms with Crippen molar-refractivity contribution in [2.45, 2.75) is 30.5 Å². The van der Waals surface area contributed by atoms with Crippen molar-refractivity contribution in [2.75, 3.05) is 19.4 Å². The molecule has 3 rings (SSSR count). The van der Waals surface area contributed by atoms with Crippen molar-refractivity contribution < 1.29 is 13.9 Å². The molecule has 0 N–H and O–H groups in total. The number of hydrogen-bond donors (Lipinski definition) is 0. The quantitative estimate of drug-likeness (QED) is 0.760. The number of carbonyl (C=O) groups is 1. The second-order valence-electron chi connectivity index (χ2n) is 5.49. The van der Waals surface area contributed by atoms with E-state index in [2.05, 4.69) is 4.98 Å². The predicted octanol–water partition coefficient (Wildman–Crippen LogP) is 3.22. The summed E-state index contributed by atoms with van der Waals surface area (Å²) in [6.07, 6.45) is 7.41. The lowest BCUT2D eigenvalue weighted by atomic mass is 10.2. The van der Waals surface area contributed by atoms with Gasteiger partial charge in [0.25, 0.3) is 5.91 Å². The van der Waals surface area contributed by atoms with Gasteiger partial charge in [0.05, 0.1) is 23.9 Å². The Balaban J connectivity index is 1.78. The molecule has 2 aromatic heterocycles. The molecule has 0 unspecified atom stereocenters. The van der Waals surface area contributed by atoms with Crippen LogP contribution in [0.15, 0.2) is 46.2 Å². The van der Waals surface area contributed by atoms with Crippen molar-refractivity contribution in [1.82, 2.24) is 9.88 Å². The molecular weight excluding hydrogens is 312 g/mol. The second kappa shape index (κ2) is 7.66. The molecule has 0 bridgehead atoms. The van der Waals surface area contributed by atoms with Crippen LogP contribution in [-0.2, 0) is 11.3 Å². The van der Waals surface area contributed by atoms with Crippen LogP contribution in [0.3, 0.4) is 0 Å². The summed E-state index contributed by atoms with van der Waals surface area (Å²) in [5.74, 6) is 0.755. The molecule has 6 heteroatoms. The van der Waals surface area contributed by atoms with Gasteiger partial charge in [-0.15, -0.1) is 11.8 Å². The van der Waals surface area contributed by atoms with Gasteiger partial charge in [0.1, 0.15) is 5.76 Å². The minimum atomic E-state index is -0.0189. The Morgan fingerprint density at radius 1 is 1.48 bits per heavy atom. The monoisotopic (exact) mass is 332 g/mol. The van der Waals surface area contributed by atoms with Crippen LogP contribution in [0.25, 0.3) is 0 Å². The summed E-state index contributed by atoms with van der Waals surface area (Å²) in [6, 6.07) is 7.31. The summed E-state index contributed by atoms with van der Waals surface area (Å²) in [6.45, 7) is 1.80. The predicted molar refractivity (Wildman–Crippen MR) is 88.4 cm³/mol. The van der Waals surface area contributed by atoms with Gasteiger partial charge in [-0.25, -0.2) is 4.98 Å². The lowest BCUT2D eigenvalue weighted by molar-refractivity contribution is 0.0491. The minimum absolute atomic E-state index is 0.0189. The highest BCUT2D eigenvalue weighted by Crippen LogP contribution is 2.19. The third kappa shape index (κ3) is 4.14. The molecule has 1 aliphatic rings. The van der Waals surface area contributed by atoms with Crippen molar-refractivity contribution in [3.63, 3.8) is 0 Å². The fourth-order valence-electron chi connectivity index (χ4n) is 2.68. The van der Waals surface area contributed by atoms with E-state index in [9.17, 15) is 4.79 Å². The largest absolute Gasteiger partial charge is 0.467 e.